The molecule has 1 atom stereocenters. The summed E-state index contributed by atoms with van der Waals surface area (Å²) >= 11 is 0. The second-order valence-electron chi connectivity index (χ2n) is 10.8. The summed E-state index contributed by atoms with van der Waals surface area (Å²) < 4.78 is 34.6. The van der Waals surface area contributed by atoms with Gasteiger partial charge in [0.05, 0.1) is 17.7 Å². The van der Waals surface area contributed by atoms with Crippen molar-refractivity contribution in [1.29, 1.82) is 0 Å². The second kappa shape index (κ2) is 13.7. The molecule has 0 aromatic heterocycles. The number of ether oxygens (including phenoxy) is 1. The number of amides is 2. The third-order valence-electron chi connectivity index (χ3n) is 6.86. The molecule has 2 amide bonds. The van der Waals surface area contributed by atoms with Gasteiger partial charge in [0.15, 0.2) is 0 Å². The predicted octanol–water partition coefficient (Wildman–Crippen LogP) is 5.01. The number of rotatable bonds is 12. The molecule has 0 radical (unpaired) electrons. The van der Waals surface area contributed by atoms with Crippen LogP contribution in [0.15, 0.2) is 71.6 Å². The minimum Gasteiger partial charge on any atom is -0.497 e. The Morgan fingerprint density at radius 3 is 2.20 bits per heavy atom. The molecule has 0 aliphatic rings. The van der Waals surface area contributed by atoms with Gasteiger partial charge in [-0.1, -0.05) is 55.8 Å². The molecular weight excluding hydrogens is 538 g/mol. The first kappa shape index (κ1) is 31.7. The largest absolute Gasteiger partial charge is 0.497 e. The van der Waals surface area contributed by atoms with Crippen molar-refractivity contribution in [2.75, 3.05) is 24.5 Å². The molecule has 3 rings (SSSR count). The molecule has 0 aliphatic heterocycles. The van der Waals surface area contributed by atoms with E-state index < -0.39 is 28.5 Å². The molecule has 220 valence electrons. The average molecular weight is 580 g/mol. The van der Waals surface area contributed by atoms with Gasteiger partial charge in [0.2, 0.25) is 11.8 Å². The number of aryl methyl sites for hydroxylation is 3. The Morgan fingerprint density at radius 2 is 1.56 bits per heavy atom. The van der Waals surface area contributed by atoms with E-state index in [1.807, 2.05) is 58.9 Å². The van der Waals surface area contributed by atoms with Crippen molar-refractivity contribution in [2.45, 2.75) is 59.0 Å². The van der Waals surface area contributed by atoms with Crippen LogP contribution in [0.4, 0.5) is 5.69 Å². The predicted molar refractivity (Wildman–Crippen MR) is 162 cm³/mol. The molecular formula is C32H41N3O5S. The zero-order chi connectivity index (χ0) is 30.3. The number of methoxy groups -OCH3 is 1. The van der Waals surface area contributed by atoms with E-state index in [-0.39, 0.29) is 23.3 Å². The maximum Gasteiger partial charge on any atom is 0.264 e. The zero-order valence-corrected chi connectivity index (χ0v) is 25.8. The van der Waals surface area contributed by atoms with E-state index >= 15 is 0 Å². The first-order valence-corrected chi connectivity index (χ1v) is 15.1. The maximum atomic E-state index is 14.1. The lowest BCUT2D eigenvalue weighted by Crippen LogP contribution is -2.51. The van der Waals surface area contributed by atoms with Gasteiger partial charge in [0, 0.05) is 13.1 Å². The first-order chi connectivity index (χ1) is 19.3. The summed E-state index contributed by atoms with van der Waals surface area (Å²) in [7, 11) is -2.57. The number of sulfonamides is 1. The van der Waals surface area contributed by atoms with Crippen LogP contribution in [0.25, 0.3) is 0 Å². The SMILES string of the molecule is COc1cccc(CN(C(=O)CN(c2cc(C)ccc2C)S(=O)(=O)c2ccc(C)cc2)[C@H](C)C(=O)NCC(C)C)c1. The number of nitrogens with zero attached hydrogens (tertiary/aromatic N) is 2. The summed E-state index contributed by atoms with van der Waals surface area (Å²) in [6.07, 6.45) is 0. The Morgan fingerprint density at radius 1 is 0.902 bits per heavy atom. The Hall–Kier alpha value is -3.85. The van der Waals surface area contributed by atoms with E-state index in [1.165, 1.54) is 4.90 Å². The third-order valence-corrected chi connectivity index (χ3v) is 8.63. The normalized spacial score (nSPS) is 12.1. The Balaban J connectivity index is 2.06. The third kappa shape index (κ3) is 8.10. The van der Waals surface area contributed by atoms with Gasteiger partial charge in [-0.25, -0.2) is 8.42 Å². The van der Waals surface area contributed by atoms with Crippen LogP contribution < -0.4 is 14.4 Å². The highest BCUT2D eigenvalue weighted by Gasteiger charge is 2.33. The average Bonchev–Trinajstić information content (AvgIpc) is 2.94. The molecule has 3 aromatic rings. The van der Waals surface area contributed by atoms with Gasteiger partial charge in [0.1, 0.15) is 18.3 Å². The number of hydrogen-bond acceptors (Lipinski definition) is 5. The summed E-state index contributed by atoms with van der Waals surface area (Å²) in [5.41, 5.74) is 3.65. The topological polar surface area (TPSA) is 96.0 Å². The van der Waals surface area contributed by atoms with Gasteiger partial charge in [-0.05, 0) is 80.6 Å². The van der Waals surface area contributed by atoms with Crippen LogP contribution in [0, 0.1) is 26.7 Å². The highest BCUT2D eigenvalue weighted by atomic mass is 32.2. The van der Waals surface area contributed by atoms with E-state index in [2.05, 4.69) is 5.32 Å². The molecule has 0 fully saturated rings. The van der Waals surface area contributed by atoms with Gasteiger partial charge < -0.3 is 15.0 Å². The highest BCUT2D eigenvalue weighted by Crippen LogP contribution is 2.29. The zero-order valence-electron chi connectivity index (χ0n) is 25.0. The van der Waals surface area contributed by atoms with E-state index in [4.69, 9.17) is 4.74 Å². The van der Waals surface area contributed by atoms with Crippen molar-refractivity contribution in [3.05, 3.63) is 89.0 Å². The van der Waals surface area contributed by atoms with Crippen LogP contribution >= 0.6 is 0 Å². The molecule has 0 unspecified atom stereocenters. The number of anilines is 1. The molecule has 0 heterocycles. The summed E-state index contributed by atoms with van der Waals surface area (Å²) in [4.78, 5) is 28.8. The molecule has 8 nitrogen and oxygen atoms in total. The number of hydrogen-bond donors (Lipinski definition) is 1. The molecule has 1 N–H and O–H groups in total. The standard InChI is InChI=1S/C32H41N3O5S/c1-22(2)19-33-32(37)26(6)34(20-27-9-8-10-28(18-27)40-7)31(36)21-35(30-17-24(4)11-14-25(30)5)41(38,39)29-15-12-23(3)13-16-29/h8-18,22,26H,19-21H2,1-7H3,(H,33,37)/t26-/m1/s1. The van der Waals surface area contributed by atoms with Crippen molar-refractivity contribution < 1.29 is 22.7 Å². The van der Waals surface area contributed by atoms with Crippen molar-refractivity contribution in [1.82, 2.24) is 10.2 Å². The summed E-state index contributed by atoms with van der Waals surface area (Å²) in [5, 5.41) is 2.90. The molecule has 3 aromatic carbocycles. The van der Waals surface area contributed by atoms with Gasteiger partial charge in [-0.3, -0.25) is 13.9 Å². The minimum atomic E-state index is -4.12. The lowest BCUT2D eigenvalue weighted by molar-refractivity contribution is -0.139. The van der Waals surface area contributed by atoms with Crippen LogP contribution in [0.3, 0.4) is 0 Å². The molecule has 0 spiro atoms. The molecule has 0 bridgehead atoms. The second-order valence-corrected chi connectivity index (χ2v) is 12.7. The van der Waals surface area contributed by atoms with Crippen molar-refractivity contribution in [2.24, 2.45) is 5.92 Å². The lowest BCUT2D eigenvalue weighted by atomic mass is 10.1. The van der Waals surface area contributed by atoms with Gasteiger partial charge in [-0.15, -0.1) is 0 Å². The minimum absolute atomic E-state index is 0.0823. The van der Waals surface area contributed by atoms with E-state index in [0.717, 1.165) is 21.0 Å². The van der Waals surface area contributed by atoms with Crippen LogP contribution in [0.1, 0.15) is 43.0 Å². The van der Waals surface area contributed by atoms with Crippen LogP contribution in [-0.2, 0) is 26.2 Å². The summed E-state index contributed by atoms with van der Waals surface area (Å²) in [6.45, 7) is 11.3. The van der Waals surface area contributed by atoms with E-state index in [9.17, 15) is 18.0 Å². The van der Waals surface area contributed by atoms with Gasteiger partial charge in [-0.2, -0.15) is 0 Å². The van der Waals surface area contributed by atoms with Crippen molar-refractivity contribution in [3.8, 4) is 5.75 Å². The molecule has 0 saturated heterocycles. The van der Waals surface area contributed by atoms with Crippen molar-refractivity contribution in [3.63, 3.8) is 0 Å². The van der Waals surface area contributed by atoms with Crippen LogP contribution in [0.5, 0.6) is 5.75 Å². The smallest absolute Gasteiger partial charge is 0.264 e. The van der Waals surface area contributed by atoms with Gasteiger partial charge >= 0.3 is 0 Å². The molecule has 41 heavy (non-hydrogen) atoms. The quantitative estimate of drug-likeness (QED) is 0.326. The fraction of sp³-hybridized carbons (Fsp3) is 0.375. The summed E-state index contributed by atoms with van der Waals surface area (Å²) in [6, 6.07) is 18.4. The molecule has 9 heteroatoms. The number of carbonyl (C=O) groups excluding carboxylic acids is 2. The fourth-order valence-electron chi connectivity index (χ4n) is 4.34. The Kier molecular flexibility index (Phi) is 10.6. The molecule has 0 aliphatic carbocycles. The highest BCUT2D eigenvalue weighted by molar-refractivity contribution is 7.92. The first-order valence-electron chi connectivity index (χ1n) is 13.7. The van der Waals surface area contributed by atoms with E-state index in [0.29, 0.717) is 23.5 Å². The summed E-state index contributed by atoms with van der Waals surface area (Å²) in [5.74, 6) is 0.0325. The number of carbonyl (C=O) groups is 2. The van der Waals surface area contributed by atoms with E-state index in [1.54, 1.807) is 56.5 Å². The molecule has 0 saturated carbocycles. The van der Waals surface area contributed by atoms with Gasteiger partial charge in [0.25, 0.3) is 10.0 Å². The Labute approximate surface area is 244 Å². The lowest BCUT2D eigenvalue weighted by Gasteiger charge is -2.32. The van der Waals surface area contributed by atoms with Crippen LogP contribution in [-0.4, -0.2) is 51.4 Å². The monoisotopic (exact) mass is 579 g/mol. The van der Waals surface area contributed by atoms with Crippen molar-refractivity contribution >= 4 is 27.5 Å². The number of nitrogens with one attached hydrogen (secondary N) is 1. The van der Waals surface area contributed by atoms with Crippen LogP contribution in [0.2, 0.25) is 0 Å². The number of benzene rings is 3. The Bertz CT molecular complexity index is 1470. The fourth-order valence-corrected chi connectivity index (χ4v) is 5.81. The maximum absolute atomic E-state index is 14.1.